The molecule has 7 heteroatoms. The number of nitrogens with one attached hydrogen (secondary N) is 2. The van der Waals surface area contributed by atoms with Crippen LogP contribution in [0.1, 0.15) is 56.0 Å². The number of anilines is 1. The van der Waals surface area contributed by atoms with Gasteiger partial charge in [-0.25, -0.2) is 12.8 Å². The molecule has 0 saturated heterocycles. The van der Waals surface area contributed by atoms with Gasteiger partial charge in [-0.05, 0) is 47.2 Å². The summed E-state index contributed by atoms with van der Waals surface area (Å²) in [4.78, 5) is 12.3. The second kappa shape index (κ2) is 9.47. The first-order valence-corrected chi connectivity index (χ1v) is 11.7. The van der Waals surface area contributed by atoms with E-state index in [4.69, 9.17) is 0 Å². The Hall–Kier alpha value is -2.93. The molecular weight excluding hydrogens is 415 g/mol. The maximum absolute atomic E-state index is 14.5. The summed E-state index contributed by atoms with van der Waals surface area (Å²) in [6.07, 6.45) is 5.44. The molecule has 2 aromatic rings. The Morgan fingerprint density at radius 3 is 2.29 bits per heavy atom. The minimum absolute atomic E-state index is 0.0565. The topological polar surface area (TPSA) is 75.3 Å². The average molecular weight is 445 g/mol. The van der Waals surface area contributed by atoms with Crippen LogP contribution in [0.4, 0.5) is 10.1 Å². The van der Waals surface area contributed by atoms with Crippen molar-refractivity contribution in [2.24, 2.45) is 0 Å². The first kappa shape index (κ1) is 24.3. The van der Waals surface area contributed by atoms with Crippen LogP contribution in [0.2, 0.25) is 0 Å². The van der Waals surface area contributed by atoms with Gasteiger partial charge in [0, 0.05) is 11.6 Å². The first-order valence-electron chi connectivity index (χ1n) is 9.83. The monoisotopic (exact) mass is 444 g/mol. The van der Waals surface area contributed by atoms with Crippen LogP contribution in [0.25, 0.3) is 12.2 Å². The fourth-order valence-corrected chi connectivity index (χ4v) is 3.55. The molecule has 166 valence electrons. The SMILES string of the molecule is C=Cc1cc(C(C)NC(=O)C=Cc2ccc(C(C)(C)C)cc2)cc(F)c1NS(C)(=O)=O. The van der Waals surface area contributed by atoms with Gasteiger partial charge in [0.05, 0.1) is 18.0 Å². The molecule has 2 aromatic carbocycles. The lowest BCUT2D eigenvalue weighted by Gasteiger charge is -2.18. The van der Waals surface area contributed by atoms with E-state index in [9.17, 15) is 17.6 Å². The van der Waals surface area contributed by atoms with E-state index in [0.717, 1.165) is 11.8 Å². The van der Waals surface area contributed by atoms with Gasteiger partial charge < -0.3 is 5.32 Å². The van der Waals surface area contributed by atoms with Crippen LogP contribution in [0.3, 0.4) is 0 Å². The lowest BCUT2D eigenvalue weighted by molar-refractivity contribution is -0.117. The van der Waals surface area contributed by atoms with Crippen LogP contribution in [-0.2, 0) is 20.2 Å². The Kier molecular flexibility index (Phi) is 7.44. The van der Waals surface area contributed by atoms with Crippen molar-refractivity contribution in [1.29, 1.82) is 0 Å². The third-order valence-corrected chi connectivity index (χ3v) is 5.29. The predicted molar refractivity (Wildman–Crippen MR) is 126 cm³/mol. The predicted octanol–water partition coefficient (Wildman–Crippen LogP) is 5.03. The molecule has 5 nitrogen and oxygen atoms in total. The quantitative estimate of drug-likeness (QED) is 0.588. The van der Waals surface area contributed by atoms with E-state index < -0.39 is 21.9 Å². The fraction of sp³-hybridized carbons (Fsp3) is 0.292. The molecule has 0 spiro atoms. The van der Waals surface area contributed by atoms with Crippen molar-refractivity contribution < 1.29 is 17.6 Å². The normalized spacial score (nSPS) is 13.1. The van der Waals surface area contributed by atoms with Gasteiger partial charge in [0.15, 0.2) is 0 Å². The maximum atomic E-state index is 14.5. The zero-order chi connectivity index (χ0) is 23.4. The third kappa shape index (κ3) is 7.07. The number of carbonyl (C=O) groups is 1. The van der Waals surface area contributed by atoms with Gasteiger partial charge in [-0.3, -0.25) is 9.52 Å². The maximum Gasteiger partial charge on any atom is 0.244 e. The third-order valence-electron chi connectivity index (χ3n) is 4.71. The summed E-state index contributed by atoms with van der Waals surface area (Å²) in [6, 6.07) is 10.3. The van der Waals surface area contributed by atoms with Gasteiger partial charge in [0.2, 0.25) is 15.9 Å². The molecule has 0 aromatic heterocycles. The molecule has 0 saturated carbocycles. The highest BCUT2D eigenvalue weighted by Gasteiger charge is 2.17. The van der Waals surface area contributed by atoms with Crippen LogP contribution in [0.5, 0.6) is 0 Å². The van der Waals surface area contributed by atoms with Crippen molar-refractivity contribution in [3.05, 3.63) is 77.1 Å². The summed E-state index contributed by atoms with van der Waals surface area (Å²) in [5.41, 5.74) is 2.77. The summed E-state index contributed by atoms with van der Waals surface area (Å²) < 4.78 is 39.6. The van der Waals surface area contributed by atoms with Gasteiger partial charge >= 0.3 is 0 Å². The summed E-state index contributed by atoms with van der Waals surface area (Å²) in [5.74, 6) is -1.07. The van der Waals surface area contributed by atoms with Crippen LogP contribution < -0.4 is 10.0 Å². The molecule has 31 heavy (non-hydrogen) atoms. The molecule has 2 rings (SSSR count). The van der Waals surface area contributed by atoms with Crippen molar-refractivity contribution in [3.8, 4) is 0 Å². The first-order chi connectivity index (χ1) is 14.3. The Balaban J connectivity index is 2.13. The highest BCUT2D eigenvalue weighted by Crippen LogP contribution is 2.27. The van der Waals surface area contributed by atoms with Gasteiger partial charge in [0.25, 0.3) is 0 Å². The summed E-state index contributed by atoms with van der Waals surface area (Å²) in [5, 5.41) is 2.78. The second-order valence-corrected chi connectivity index (χ2v) is 10.2. The molecule has 0 heterocycles. The zero-order valence-electron chi connectivity index (χ0n) is 18.5. The molecule has 0 aliphatic heterocycles. The van der Waals surface area contributed by atoms with Crippen LogP contribution in [0.15, 0.2) is 49.1 Å². The minimum atomic E-state index is -3.65. The summed E-state index contributed by atoms with van der Waals surface area (Å²) >= 11 is 0. The number of benzene rings is 2. The minimum Gasteiger partial charge on any atom is -0.346 e. The van der Waals surface area contributed by atoms with E-state index in [2.05, 4.69) is 37.4 Å². The number of hydrogen-bond donors (Lipinski definition) is 2. The van der Waals surface area contributed by atoms with E-state index in [1.54, 1.807) is 19.1 Å². The van der Waals surface area contributed by atoms with Gasteiger partial charge in [-0.2, -0.15) is 0 Å². The molecular formula is C24H29FN2O3S. The van der Waals surface area contributed by atoms with Gasteiger partial charge in [0.1, 0.15) is 5.82 Å². The zero-order valence-corrected chi connectivity index (χ0v) is 19.3. The standard InChI is InChI=1S/C24H29FN2O3S/c1-7-18-14-19(15-21(25)23(18)27-31(6,29)30)16(2)26-22(28)13-10-17-8-11-20(12-9-17)24(3,4)5/h7-16,27H,1H2,2-6H3,(H,26,28). The molecule has 0 fully saturated rings. The van der Waals surface area contributed by atoms with Gasteiger partial charge in [-0.1, -0.05) is 57.7 Å². The van der Waals surface area contributed by atoms with Crippen molar-refractivity contribution in [2.75, 3.05) is 11.0 Å². The largest absolute Gasteiger partial charge is 0.346 e. The smallest absolute Gasteiger partial charge is 0.244 e. The van der Waals surface area contributed by atoms with Crippen molar-refractivity contribution in [3.63, 3.8) is 0 Å². The number of sulfonamides is 1. The molecule has 1 amide bonds. The summed E-state index contributed by atoms with van der Waals surface area (Å²) in [6.45, 7) is 11.7. The highest BCUT2D eigenvalue weighted by atomic mass is 32.2. The molecule has 2 N–H and O–H groups in total. The van der Waals surface area contributed by atoms with Crippen LogP contribution in [-0.4, -0.2) is 20.6 Å². The Bertz CT molecular complexity index is 1100. The molecule has 1 unspecified atom stereocenters. The van der Waals surface area contributed by atoms with E-state index in [1.165, 1.54) is 23.8 Å². The Morgan fingerprint density at radius 2 is 1.77 bits per heavy atom. The van der Waals surface area contributed by atoms with E-state index in [0.29, 0.717) is 5.56 Å². The van der Waals surface area contributed by atoms with Crippen molar-refractivity contribution in [1.82, 2.24) is 5.32 Å². The number of halogens is 1. The molecule has 0 bridgehead atoms. The Labute approximate surface area is 184 Å². The molecule has 0 aliphatic rings. The number of hydrogen-bond acceptors (Lipinski definition) is 3. The number of rotatable bonds is 7. The van der Waals surface area contributed by atoms with Crippen molar-refractivity contribution in [2.45, 2.75) is 39.2 Å². The van der Waals surface area contributed by atoms with E-state index in [1.807, 2.05) is 24.3 Å². The second-order valence-electron chi connectivity index (χ2n) is 8.48. The van der Waals surface area contributed by atoms with Crippen LogP contribution >= 0.6 is 0 Å². The van der Waals surface area contributed by atoms with Crippen LogP contribution in [0, 0.1) is 5.82 Å². The highest BCUT2D eigenvalue weighted by molar-refractivity contribution is 7.92. The Morgan fingerprint density at radius 1 is 1.16 bits per heavy atom. The lowest BCUT2D eigenvalue weighted by Crippen LogP contribution is -2.25. The molecule has 0 radical (unpaired) electrons. The van der Waals surface area contributed by atoms with Gasteiger partial charge in [-0.15, -0.1) is 0 Å². The number of amides is 1. The lowest BCUT2D eigenvalue weighted by atomic mass is 9.87. The molecule has 0 aliphatic carbocycles. The molecule has 1 atom stereocenters. The van der Waals surface area contributed by atoms with Crippen molar-refractivity contribution >= 4 is 33.8 Å². The number of carbonyl (C=O) groups excluding carboxylic acids is 1. The van der Waals surface area contributed by atoms with E-state index in [-0.39, 0.29) is 22.6 Å². The summed E-state index contributed by atoms with van der Waals surface area (Å²) in [7, 11) is -3.65. The average Bonchev–Trinajstić information content (AvgIpc) is 2.66. The fourth-order valence-electron chi connectivity index (χ4n) is 2.96. The van der Waals surface area contributed by atoms with E-state index >= 15 is 0 Å².